The Morgan fingerprint density at radius 2 is 1.75 bits per heavy atom. The minimum absolute atomic E-state index is 0.0313. The van der Waals surface area contributed by atoms with Gasteiger partial charge in [0.1, 0.15) is 0 Å². The zero-order chi connectivity index (χ0) is 17.4. The van der Waals surface area contributed by atoms with Crippen molar-refractivity contribution in [3.8, 4) is 0 Å². The van der Waals surface area contributed by atoms with Crippen molar-refractivity contribution in [2.75, 3.05) is 31.5 Å². The summed E-state index contributed by atoms with van der Waals surface area (Å²) in [5, 5.41) is 6.27. The normalized spacial score (nSPS) is 15.1. The van der Waals surface area contributed by atoms with Crippen LogP contribution in [0.15, 0.2) is 24.3 Å². The molecule has 2 rings (SSSR count). The lowest BCUT2D eigenvalue weighted by atomic mass is 9.93. The maximum atomic E-state index is 12.3. The van der Waals surface area contributed by atoms with Gasteiger partial charge in [-0.05, 0) is 76.4 Å². The van der Waals surface area contributed by atoms with Gasteiger partial charge in [-0.1, -0.05) is 0 Å². The van der Waals surface area contributed by atoms with E-state index in [-0.39, 0.29) is 11.8 Å². The van der Waals surface area contributed by atoms with Gasteiger partial charge in [0.15, 0.2) is 0 Å². The Balaban J connectivity index is 1.82. The second-order valence-corrected chi connectivity index (χ2v) is 6.34. The lowest BCUT2D eigenvalue weighted by molar-refractivity contribution is -0.116. The van der Waals surface area contributed by atoms with Crippen LogP contribution < -0.4 is 10.6 Å². The fourth-order valence-corrected chi connectivity index (χ4v) is 3.12. The van der Waals surface area contributed by atoms with Crippen molar-refractivity contribution in [3.05, 3.63) is 29.8 Å². The number of hydrogen-bond acceptors (Lipinski definition) is 3. The third-order valence-corrected chi connectivity index (χ3v) is 4.70. The van der Waals surface area contributed by atoms with Crippen LogP contribution in [0.1, 0.15) is 49.9 Å². The second-order valence-electron chi connectivity index (χ2n) is 6.34. The van der Waals surface area contributed by atoms with E-state index < -0.39 is 0 Å². The molecule has 1 fully saturated rings. The quantitative estimate of drug-likeness (QED) is 0.807. The Bertz CT molecular complexity index is 532. The molecule has 0 bridgehead atoms. The van der Waals surface area contributed by atoms with Crippen LogP contribution in [-0.4, -0.2) is 42.9 Å². The summed E-state index contributed by atoms with van der Waals surface area (Å²) in [4.78, 5) is 26.1. The van der Waals surface area contributed by atoms with Gasteiger partial charge in [0.25, 0.3) is 5.91 Å². The smallest absolute Gasteiger partial charge is 0.253 e. The summed E-state index contributed by atoms with van der Waals surface area (Å²) in [5.41, 5.74) is 1.41. The van der Waals surface area contributed by atoms with E-state index >= 15 is 0 Å². The van der Waals surface area contributed by atoms with E-state index in [1.807, 2.05) is 13.8 Å². The molecule has 0 spiro atoms. The largest absolute Gasteiger partial charge is 0.339 e. The Hall–Kier alpha value is -1.88. The predicted molar refractivity (Wildman–Crippen MR) is 97.2 cm³/mol. The van der Waals surface area contributed by atoms with E-state index in [9.17, 15) is 9.59 Å². The van der Waals surface area contributed by atoms with Crippen LogP contribution in [0.4, 0.5) is 5.69 Å². The van der Waals surface area contributed by atoms with E-state index in [1.165, 1.54) is 0 Å². The molecule has 2 N–H and O–H groups in total. The van der Waals surface area contributed by atoms with Crippen LogP contribution in [0, 0.1) is 5.92 Å². The number of nitrogens with zero attached hydrogens (tertiary/aromatic N) is 1. The highest BCUT2D eigenvalue weighted by Crippen LogP contribution is 2.18. The van der Waals surface area contributed by atoms with Gasteiger partial charge < -0.3 is 15.5 Å². The molecule has 0 aromatic heterocycles. The van der Waals surface area contributed by atoms with Crippen molar-refractivity contribution in [3.63, 3.8) is 0 Å². The number of benzene rings is 1. The van der Waals surface area contributed by atoms with Crippen LogP contribution in [0.5, 0.6) is 0 Å². The number of anilines is 1. The van der Waals surface area contributed by atoms with E-state index in [1.54, 1.807) is 29.2 Å². The predicted octanol–water partition coefficient (Wildman–Crippen LogP) is 2.89. The van der Waals surface area contributed by atoms with Crippen LogP contribution in [0.25, 0.3) is 0 Å². The van der Waals surface area contributed by atoms with Gasteiger partial charge >= 0.3 is 0 Å². The molecule has 1 saturated heterocycles. The average Bonchev–Trinajstić information content (AvgIpc) is 2.62. The van der Waals surface area contributed by atoms with Crippen LogP contribution >= 0.6 is 0 Å². The molecule has 0 radical (unpaired) electrons. The number of hydrogen-bond donors (Lipinski definition) is 2. The summed E-state index contributed by atoms with van der Waals surface area (Å²) in [7, 11) is 0. The Labute approximate surface area is 144 Å². The fourth-order valence-electron chi connectivity index (χ4n) is 3.12. The van der Waals surface area contributed by atoms with E-state index in [2.05, 4.69) is 10.6 Å². The number of piperidine rings is 1. The van der Waals surface area contributed by atoms with Crippen molar-refractivity contribution in [2.24, 2.45) is 5.92 Å². The molecule has 2 amide bonds. The van der Waals surface area contributed by atoms with Crippen molar-refractivity contribution in [1.29, 1.82) is 0 Å². The molecule has 5 nitrogen and oxygen atoms in total. The van der Waals surface area contributed by atoms with Gasteiger partial charge in [-0.15, -0.1) is 0 Å². The highest BCUT2D eigenvalue weighted by atomic mass is 16.2. The topological polar surface area (TPSA) is 61.4 Å². The second kappa shape index (κ2) is 9.42. The highest BCUT2D eigenvalue weighted by Gasteiger charge is 2.15. The Morgan fingerprint density at radius 1 is 1.12 bits per heavy atom. The number of nitrogens with one attached hydrogen (secondary N) is 2. The summed E-state index contributed by atoms with van der Waals surface area (Å²) in [6.45, 7) is 7.47. The lowest BCUT2D eigenvalue weighted by Gasteiger charge is -2.22. The van der Waals surface area contributed by atoms with E-state index in [0.29, 0.717) is 31.0 Å². The zero-order valence-corrected chi connectivity index (χ0v) is 14.8. The van der Waals surface area contributed by atoms with Crippen LogP contribution in [-0.2, 0) is 4.79 Å². The molecule has 1 aromatic rings. The minimum Gasteiger partial charge on any atom is -0.339 e. The van der Waals surface area contributed by atoms with Crippen LogP contribution in [0.2, 0.25) is 0 Å². The van der Waals surface area contributed by atoms with Crippen LogP contribution in [0.3, 0.4) is 0 Å². The molecule has 0 saturated carbocycles. The number of carbonyl (C=O) groups excluding carboxylic acids is 2. The van der Waals surface area contributed by atoms with Gasteiger partial charge in [0, 0.05) is 30.8 Å². The molecular weight excluding hydrogens is 302 g/mol. The molecule has 1 aliphatic rings. The third-order valence-electron chi connectivity index (χ3n) is 4.70. The molecule has 0 unspecified atom stereocenters. The third kappa shape index (κ3) is 5.34. The van der Waals surface area contributed by atoms with Crippen molar-refractivity contribution < 1.29 is 9.59 Å². The molecule has 1 aliphatic heterocycles. The van der Waals surface area contributed by atoms with Gasteiger partial charge in [-0.3, -0.25) is 9.59 Å². The van der Waals surface area contributed by atoms with Crippen molar-refractivity contribution >= 4 is 17.5 Å². The molecule has 5 heteroatoms. The number of rotatable bonds is 7. The molecule has 132 valence electrons. The van der Waals surface area contributed by atoms with Crippen molar-refractivity contribution in [1.82, 2.24) is 10.2 Å². The lowest BCUT2D eigenvalue weighted by Crippen LogP contribution is -2.30. The molecule has 1 aromatic carbocycles. The Kier molecular flexibility index (Phi) is 7.25. The van der Waals surface area contributed by atoms with E-state index in [0.717, 1.165) is 38.0 Å². The number of carbonyl (C=O) groups is 2. The monoisotopic (exact) mass is 331 g/mol. The summed E-state index contributed by atoms with van der Waals surface area (Å²) in [5.74, 6) is 0.742. The Morgan fingerprint density at radius 3 is 2.33 bits per heavy atom. The van der Waals surface area contributed by atoms with Gasteiger partial charge in [0.2, 0.25) is 5.91 Å². The summed E-state index contributed by atoms with van der Waals surface area (Å²) >= 11 is 0. The minimum atomic E-state index is 0.0313. The molecule has 0 aliphatic carbocycles. The maximum Gasteiger partial charge on any atom is 0.253 e. The summed E-state index contributed by atoms with van der Waals surface area (Å²) in [6.07, 6.45) is 3.84. The summed E-state index contributed by atoms with van der Waals surface area (Å²) < 4.78 is 0. The first-order valence-corrected chi connectivity index (χ1v) is 9.04. The van der Waals surface area contributed by atoms with Gasteiger partial charge in [-0.25, -0.2) is 0 Å². The average molecular weight is 331 g/mol. The SMILES string of the molecule is CCN(CC)C(=O)c1ccc(NC(=O)CCC2CCNCC2)cc1. The van der Waals surface area contributed by atoms with Crippen molar-refractivity contribution in [2.45, 2.75) is 39.5 Å². The molecule has 24 heavy (non-hydrogen) atoms. The van der Waals surface area contributed by atoms with Gasteiger partial charge in [0.05, 0.1) is 0 Å². The first-order valence-electron chi connectivity index (χ1n) is 9.04. The first-order chi connectivity index (χ1) is 11.6. The van der Waals surface area contributed by atoms with E-state index in [4.69, 9.17) is 0 Å². The zero-order valence-electron chi connectivity index (χ0n) is 14.8. The first kappa shape index (κ1) is 18.5. The molecular formula is C19H29N3O2. The summed E-state index contributed by atoms with van der Waals surface area (Å²) in [6, 6.07) is 7.17. The maximum absolute atomic E-state index is 12.3. The molecule has 1 heterocycles. The number of amides is 2. The molecule has 0 atom stereocenters. The highest BCUT2D eigenvalue weighted by molar-refractivity contribution is 5.95. The fraction of sp³-hybridized carbons (Fsp3) is 0.579. The van der Waals surface area contributed by atoms with Gasteiger partial charge in [-0.2, -0.15) is 0 Å². The standard InChI is InChI=1S/C19H29N3O2/c1-3-22(4-2)19(24)16-6-8-17(9-7-16)21-18(23)10-5-15-11-13-20-14-12-15/h6-9,15,20H,3-5,10-14H2,1-2H3,(H,21,23).